The average Bonchev–Trinajstić information content (AvgIpc) is 3.18. The van der Waals surface area contributed by atoms with Gasteiger partial charge in [-0.3, -0.25) is 0 Å². The number of hydrogen-bond donors (Lipinski definition) is 1. The Kier molecular flexibility index (Phi) is 19.9. The Balaban J connectivity index is 1.15. The van der Waals surface area contributed by atoms with Crippen LogP contribution in [-0.2, 0) is 19.6 Å². The zero-order valence-corrected chi connectivity index (χ0v) is 32.1. The first-order valence-electron chi connectivity index (χ1n) is 20.2. The molecule has 286 valence electrons. The number of benzene rings is 4. The fourth-order valence-electron chi connectivity index (χ4n) is 6.46. The molecule has 0 saturated carbocycles. The second-order valence-corrected chi connectivity index (χ2v) is 14.0. The van der Waals surface area contributed by atoms with Crippen LogP contribution in [0.2, 0.25) is 0 Å². The van der Waals surface area contributed by atoms with Crippen LogP contribution in [0, 0.1) is 0 Å². The minimum atomic E-state index is -0.979. The molecule has 0 spiro atoms. The van der Waals surface area contributed by atoms with Gasteiger partial charge in [-0.25, -0.2) is 4.79 Å². The molecule has 0 fully saturated rings. The highest BCUT2D eigenvalue weighted by Gasteiger charge is 2.13. The standard InChI is InChI=1S/C47H62O6/c1-2-3-4-5-6-7-8-9-10-11-13-22-32-50-43-34-42(47(48)49)35-44(36-43)51-33-23-14-12-21-29-41-30-24-31-45(52-37-39-25-17-15-18-26-39)46(41)53-38-40-27-19-16-20-28-40/h15-20,24-28,30-31,34-36H,2-14,21-23,29,32-33,37-38H2,1H3,(H,48,49). The first-order chi connectivity index (χ1) is 26.1. The molecule has 0 amide bonds. The van der Waals surface area contributed by atoms with E-state index in [1.54, 1.807) is 12.1 Å². The lowest BCUT2D eigenvalue weighted by Gasteiger charge is -2.17. The van der Waals surface area contributed by atoms with Crippen molar-refractivity contribution in [2.24, 2.45) is 0 Å². The maximum Gasteiger partial charge on any atom is 0.335 e. The van der Waals surface area contributed by atoms with Gasteiger partial charge in [0.1, 0.15) is 24.7 Å². The van der Waals surface area contributed by atoms with E-state index in [0.29, 0.717) is 37.9 Å². The number of carbonyl (C=O) groups is 1. The van der Waals surface area contributed by atoms with Crippen molar-refractivity contribution in [3.8, 4) is 23.0 Å². The highest BCUT2D eigenvalue weighted by molar-refractivity contribution is 5.88. The number of carboxylic acids is 1. The van der Waals surface area contributed by atoms with E-state index in [0.717, 1.165) is 73.1 Å². The highest BCUT2D eigenvalue weighted by Crippen LogP contribution is 2.34. The van der Waals surface area contributed by atoms with Crippen LogP contribution in [0.5, 0.6) is 23.0 Å². The minimum absolute atomic E-state index is 0.187. The molecule has 53 heavy (non-hydrogen) atoms. The Morgan fingerprint density at radius 1 is 0.509 bits per heavy atom. The quantitative estimate of drug-likeness (QED) is 0.0563. The van der Waals surface area contributed by atoms with Gasteiger partial charge in [0.2, 0.25) is 0 Å². The molecule has 0 aliphatic carbocycles. The van der Waals surface area contributed by atoms with Crippen LogP contribution in [0.4, 0.5) is 0 Å². The van der Waals surface area contributed by atoms with Crippen molar-refractivity contribution in [2.45, 2.75) is 129 Å². The van der Waals surface area contributed by atoms with Crippen molar-refractivity contribution in [3.63, 3.8) is 0 Å². The van der Waals surface area contributed by atoms with E-state index in [1.165, 1.54) is 64.2 Å². The third-order valence-electron chi connectivity index (χ3n) is 9.53. The van der Waals surface area contributed by atoms with Crippen LogP contribution < -0.4 is 18.9 Å². The van der Waals surface area contributed by atoms with Gasteiger partial charge in [0, 0.05) is 6.07 Å². The number of aromatic carboxylic acids is 1. The van der Waals surface area contributed by atoms with Crippen molar-refractivity contribution in [3.05, 3.63) is 119 Å². The molecule has 0 heterocycles. The van der Waals surface area contributed by atoms with E-state index in [2.05, 4.69) is 37.3 Å². The molecule has 4 aromatic rings. The third-order valence-corrected chi connectivity index (χ3v) is 9.53. The van der Waals surface area contributed by atoms with E-state index in [-0.39, 0.29) is 5.56 Å². The zero-order valence-electron chi connectivity index (χ0n) is 32.1. The third kappa shape index (κ3) is 16.8. The molecule has 0 aliphatic heterocycles. The summed E-state index contributed by atoms with van der Waals surface area (Å²) < 4.78 is 24.6. The van der Waals surface area contributed by atoms with Crippen molar-refractivity contribution in [2.75, 3.05) is 13.2 Å². The summed E-state index contributed by atoms with van der Waals surface area (Å²) >= 11 is 0. The van der Waals surface area contributed by atoms with Crippen LogP contribution in [0.3, 0.4) is 0 Å². The van der Waals surface area contributed by atoms with E-state index in [4.69, 9.17) is 18.9 Å². The molecule has 4 aromatic carbocycles. The first-order valence-corrected chi connectivity index (χ1v) is 20.2. The van der Waals surface area contributed by atoms with E-state index >= 15 is 0 Å². The Hall–Kier alpha value is -4.45. The van der Waals surface area contributed by atoms with Crippen molar-refractivity contribution in [1.82, 2.24) is 0 Å². The van der Waals surface area contributed by atoms with Gasteiger partial charge in [-0.1, -0.05) is 163 Å². The number of rotatable bonds is 29. The van der Waals surface area contributed by atoms with Gasteiger partial charge < -0.3 is 24.1 Å². The second-order valence-electron chi connectivity index (χ2n) is 14.0. The summed E-state index contributed by atoms with van der Waals surface area (Å²) in [6, 6.07) is 31.5. The van der Waals surface area contributed by atoms with E-state index < -0.39 is 5.97 Å². The van der Waals surface area contributed by atoms with Crippen LogP contribution >= 0.6 is 0 Å². The lowest BCUT2D eigenvalue weighted by molar-refractivity contribution is 0.0695. The van der Waals surface area contributed by atoms with Gasteiger partial charge in [0.15, 0.2) is 11.5 Å². The molecular formula is C47H62O6. The molecule has 6 nitrogen and oxygen atoms in total. The summed E-state index contributed by atoms with van der Waals surface area (Å²) in [5.41, 5.74) is 3.56. The molecule has 4 rings (SSSR count). The van der Waals surface area contributed by atoms with E-state index in [1.807, 2.05) is 54.6 Å². The van der Waals surface area contributed by atoms with Crippen LogP contribution in [0.25, 0.3) is 0 Å². The smallest absolute Gasteiger partial charge is 0.335 e. The van der Waals surface area contributed by atoms with Crippen molar-refractivity contribution >= 4 is 5.97 Å². The molecule has 0 aromatic heterocycles. The molecule has 0 atom stereocenters. The summed E-state index contributed by atoms with van der Waals surface area (Å²) in [6.07, 6.45) is 20.3. The summed E-state index contributed by atoms with van der Waals surface area (Å²) in [6.45, 7) is 4.33. The normalized spacial score (nSPS) is 11.0. The molecule has 6 heteroatoms. The number of aryl methyl sites for hydroxylation is 1. The number of unbranched alkanes of at least 4 members (excludes halogenated alkanes) is 14. The fourth-order valence-corrected chi connectivity index (χ4v) is 6.46. The Morgan fingerprint density at radius 3 is 1.53 bits per heavy atom. The minimum Gasteiger partial charge on any atom is -0.493 e. The van der Waals surface area contributed by atoms with Crippen molar-refractivity contribution in [1.29, 1.82) is 0 Å². The number of ether oxygens (including phenoxy) is 4. The topological polar surface area (TPSA) is 74.2 Å². The van der Waals surface area contributed by atoms with Gasteiger partial charge in [-0.05, 0) is 60.6 Å². The molecule has 0 aliphatic rings. The predicted octanol–water partition coefficient (Wildman–Crippen LogP) is 12.8. The fraction of sp³-hybridized carbons (Fsp3) is 0.468. The van der Waals surface area contributed by atoms with Gasteiger partial charge in [-0.2, -0.15) is 0 Å². The van der Waals surface area contributed by atoms with Gasteiger partial charge in [0.25, 0.3) is 0 Å². The van der Waals surface area contributed by atoms with Gasteiger partial charge >= 0.3 is 5.97 Å². The summed E-state index contributed by atoms with van der Waals surface area (Å²) in [4.78, 5) is 11.8. The number of hydrogen-bond acceptors (Lipinski definition) is 5. The van der Waals surface area contributed by atoms with Gasteiger partial charge in [0.05, 0.1) is 18.8 Å². The predicted molar refractivity (Wildman–Crippen MR) is 216 cm³/mol. The Labute approximate surface area is 318 Å². The monoisotopic (exact) mass is 722 g/mol. The SMILES string of the molecule is CCCCCCCCCCCCCCOc1cc(OCCCCCCc2cccc(OCc3ccccc3)c2OCc2ccccc2)cc(C(=O)O)c1. The van der Waals surface area contributed by atoms with Crippen LogP contribution in [-0.4, -0.2) is 24.3 Å². The second kappa shape index (κ2) is 25.5. The zero-order chi connectivity index (χ0) is 37.2. The van der Waals surface area contributed by atoms with Crippen LogP contribution in [0.1, 0.15) is 137 Å². The molecular weight excluding hydrogens is 661 g/mol. The Morgan fingerprint density at radius 2 is 1.00 bits per heavy atom. The highest BCUT2D eigenvalue weighted by atomic mass is 16.5. The average molecular weight is 723 g/mol. The Bertz CT molecular complexity index is 1550. The van der Waals surface area contributed by atoms with Crippen molar-refractivity contribution < 1.29 is 28.8 Å². The maximum atomic E-state index is 11.8. The number of para-hydroxylation sites is 1. The lowest BCUT2D eigenvalue weighted by Crippen LogP contribution is -2.04. The largest absolute Gasteiger partial charge is 0.493 e. The molecule has 0 radical (unpaired) electrons. The van der Waals surface area contributed by atoms with E-state index in [9.17, 15) is 9.90 Å². The maximum absolute atomic E-state index is 11.8. The molecule has 0 saturated heterocycles. The van der Waals surface area contributed by atoms with Crippen LogP contribution in [0.15, 0.2) is 97.1 Å². The summed E-state index contributed by atoms with van der Waals surface area (Å²) in [5, 5.41) is 9.66. The summed E-state index contributed by atoms with van der Waals surface area (Å²) in [7, 11) is 0. The molecule has 1 N–H and O–H groups in total. The number of carboxylic acid groups (broad SMARTS) is 1. The van der Waals surface area contributed by atoms with Gasteiger partial charge in [-0.15, -0.1) is 0 Å². The first kappa shape index (κ1) is 41.3. The molecule has 0 bridgehead atoms. The lowest BCUT2D eigenvalue weighted by atomic mass is 10.0. The summed E-state index contributed by atoms with van der Waals surface area (Å²) in [5.74, 6) is 1.69. The molecule has 0 unspecified atom stereocenters.